The predicted octanol–water partition coefficient (Wildman–Crippen LogP) is 1.82. The summed E-state index contributed by atoms with van der Waals surface area (Å²) in [6.45, 7) is 9.83. The molecule has 2 aliphatic heterocycles. The first-order valence-corrected chi connectivity index (χ1v) is 9.71. The molecule has 25 heavy (non-hydrogen) atoms. The Balaban J connectivity index is 0.00000312. The number of aliphatic hydroxyl groups is 1. The van der Waals surface area contributed by atoms with E-state index in [0.717, 1.165) is 45.0 Å². The first kappa shape index (κ1) is 22.9. The minimum Gasteiger partial charge on any atom is -0.396 e. The highest BCUT2D eigenvalue weighted by Gasteiger charge is 2.34. The Morgan fingerprint density at radius 3 is 2.56 bits per heavy atom. The van der Waals surface area contributed by atoms with Gasteiger partial charge in [0.15, 0.2) is 5.96 Å². The minimum atomic E-state index is 0. The quantitative estimate of drug-likeness (QED) is 0.288. The highest BCUT2D eigenvalue weighted by molar-refractivity contribution is 14.0. The van der Waals surface area contributed by atoms with E-state index in [1.807, 2.05) is 0 Å². The SMILES string of the molecule is CCNC(=NCC1(CCO)CCOC1)NCCN1CCCCCC1.I. The van der Waals surface area contributed by atoms with Crippen LogP contribution >= 0.6 is 24.0 Å². The summed E-state index contributed by atoms with van der Waals surface area (Å²) in [6.07, 6.45) is 7.18. The third kappa shape index (κ3) is 8.41. The number of hydrogen-bond donors (Lipinski definition) is 3. The maximum atomic E-state index is 9.33. The third-order valence-electron chi connectivity index (χ3n) is 5.16. The van der Waals surface area contributed by atoms with E-state index in [-0.39, 0.29) is 36.0 Å². The predicted molar refractivity (Wildman–Crippen MR) is 114 cm³/mol. The number of guanidine groups is 1. The van der Waals surface area contributed by atoms with Crippen LogP contribution in [0.1, 0.15) is 45.4 Å². The fraction of sp³-hybridized carbons (Fsp3) is 0.944. The number of halogens is 1. The lowest BCUT2D eigenvalue weighted by atomic mass is 9.84. The van der Waals surface area contributed by atoms with Gasteiger partial charge in [-0.1, -0.05) is 12.8 Å². The van der Waals surface area contributed by atoms with Crippen LogP contribution < -0.4 is 10.6 Å². The van der Waals surface area contributed by atoms with Crippen molar-refractivity contribution >= 4 is 29.9 Å². The molecule has 148 valence electrons. The molecule has 2 rings (SSSR count). The number of rotatable bonds is 8. The van der Waals surface area contributed by atoms with Gasteiger partial charge in [0.2, 0.25) is 0 Å². The number of nitrogens with one attached hydrogen (secondary N) is 2. The number of aliphatic imine (C=N–C) groups is 1. The van der Waals surface area contributed by atoms with E-state index < -0.39 is 0 Å². The third-order valence-corrected chi connectivity index (χ3v) is 5.16. The molecule has 0 bridgehead atoms. The average Bonchev–Trinajstić information content (AvgIpc) is 2.88. The van der Waals surface area contributed by atoms with Crippen LogP contribution in [0, 0.1) is 5.41 Å². The van der Waals surface area contributed by atoms with Crippen molar-refractivity contribution in [2.45, 2.75) is 45.4 Å². The summed E-state index contributed by atoms with van der Waals surface area (Å²) in [5.41, 5.74) is 0.0158. The largest absolute Gasteiger partial charge is 0.396 e. The zero-order valence-corrected chi connectivity index (χ0v) is 18.1. The van der Waals surface area contributed by atoms with Crippen LogP contribution in [-0.2, 0) is 4.74 Å². The van der Waals surface area contributed by atoms with E-state index >= 15 is 0 Å². The first-order valence-electron chi connectivity index (χ1n) is 9.71. The Morgan fingerprint density at radius 2 is 1.96 bits per heavy atom. The van der Waals surface area contributed by atoms with Gasteiger partial charge in [0.25, 0.3) is 0 Å². The summed E-state index contributed by atoms with van der Waals surface area (Å²) in [5.74, 6) is 0.886. The lowest BCUT2D eigenvalue weighted by Gasteiger charge is -2.25. The molecule has 2 saturated heterocycles. The van der Waals surface area contributed by atoms with Gasteiger partial charge in [0.1, 0.15) is 0 Å². The topological polar surface area (TPSA) is 69.1 Å². The van der Waals surface area contributed by atoms with Crippen molar-refractivity contribution in [3.63, 3.8) is 0 Å². The van der Waals surface area contributed by atoms with E-state index in [1.165, 1.54) is 38.8 Å². The molecule has 1 unspecified atom stereocenters. The summed E-state index contributed by atoms with van der Waals surface area (Å²) < 4.78 is 5.55. The van der Waals surface area contributed by atoms with Crippen molar-refractivity contribution in [2.75, 3.05) is 59.1 Å². The zero-order chi connectivity index (χ0) is 17.1. The summed E-state index contributed by atoms with van der Waals surface area (Å²) in [6, 6.07) is 0. The highest BCUT2D eigenvalue weighted by Crippen LogP contribution is 2.32. The second-order valence-corrected chi connectivity index (χ2v) is 7.15. The Bertz CT molecular complexity index is 368. The standard InChI is InChI=1S/C18H36N4O2.HI/c1-2-19-17(20-9-12-22-10-5-3-4-6-11-22)21-15-18(7-13-23)8-14-24-16-18;/h23H,2-16H2,1H3,(H2,19,20,21);1H. The maximum absolute atomic E-state index is 9.33. The summed E-state index contributed by atoms with van der Waals surface area (Å²) in [5, 5.41) is 16.1. The Kier molecular flexibility index (Phi) is 12.0. The monoisotopic (exact) mass is 468 g/mol. The van der Waals surface area contributed by atoms with Crippen LogP contribution in [0.15, 0.2) is 4.99 Å². The van der Waals surface area contributed by atoms with Gasteiger partial charge in [-0.15, -0.1) is 24.0 Å². The summed E-state index contributed by atoms with van der Waals surface area (Å²) in [4.78, 5) is 7.33. The van der Waals surface area contributed by atoms with E-state index in [4.69, 9.17) is 9.73 Å². The summed E-state index contributed by atoms with van der Waals surface area (Å²) >= 11 is 0. The molecule has 2 heterocycles. The molecule has 0 aliphatic carbocycles. The van der Waals surface area contributed by atoms with Gasteiger partial charge >= 0.3 is 0 Å². The summed E-state index contributed by atoms with van der Waals surface area (Å²) in [7, 11) is 0. The molecule has 0 saturated carbocycles. The highest BCUT2D eigenvalue weighted by atomic mass is 127. The molecule has 6 nitrogen and oxygen atoms in total. The van der Waals surface area contributed by atoms with Crippen molar-refractivity contribution < 1.29 is 9.84 Å². The second-order valence-electron chi connectivity index (χ2n) is 7.15. The molecule has 2 aliphatic rings. The number of likely N-dealkylation sites (tertiary alicyclic amines) is 1. The Labute approximate surface area is 170 Å². The second kappa shape index (κ2) is 13.1. The fourth-order valence-corrected chi connectivity index (χ4v) is 3.57. The van der Waals surface area contributed by atoms with Gasteiger partial charge in [0, 0.05) is 38.3 Å². The van der Waals surface area contributed by atoms with Crippen molar-refractivity contribution in [2.24, 2.45) is 10.4 Å². The molecule has 1 atom stereocenters. The molecule has 3 N–H and O–H groups in total. The Morgan fingerprint density at radius 1 is 1.20 bits per heavy atom. The molecule has 0 amide bonds. The van der Waals surface area contributed by atoms with E-state index in [1.54, 1.807) is 0 Å². The molecule has 0 aromatic heterocycles. The number of aliphatic hydroxyl groups excluding tert-OH is 1. The minimum absolute atomic E-state index is 0. The van der Waals surface area contributed by atoms with Crippen LogP contribution in [0.2, 0.25) is 0 Å². The number of hydrogen-bond acceptors (Lipinski definition) is 4. The van der Waals surface area contributed by atoms with Crippen LogP contribution in [0.3, 0.4) is 0 Å². The average molecular weight is 468 g/mol. The van der Waals surface area contributed by atoms with Crippen molar-refractivity contribution in [3.8, 4) is 0 Å². The van der Waals surface area contributed by atoms with E-state index in [0.29, 0.717) is 13.2 Å². The molecular formula is C18H37IN4O2. The maximum Gasteiger partial charge on any atom is 0.191 e. The van der Waals surface area contributed by atoms with Crippen LogP contribution in [0.5, 0.6) is 0 Å². The number of ether oxygens (including phenoxy) is 1. The molecule has 0 aromatic rings. The zero-order valence-electron chi connectivity index (χ0n) is 15.8. The van der Waals surface area contributed by atoms with E-state index in [9.17, 15) is 5.11 Å². The lowest BCUT2D eigenvalue weighted by molar-refractivity contribution is 0.131. The van der Waals surface area contributed by atoms with Crippen LogP contribution in [-0.4, -0.2) is 75.1 Å². The van der Waals surface area contributed by atoms with Gasteiger partial charge in [0.05, 0.1) is 13.2 Å². The smallest absolute Gasteiger partial charge is 0.191 e. The van der Waals surface area contributed by atoms with Gasteiger partial charge in [-0.2, -0.15) is 0 Å². The fourth-order valence-electron chi connectivity index (χ4n) is 3.57. The van der Waals surface area contributed by atoms with Crippen LogP contribution in [0.25, 0.3) is 0 Å². The van der Waals surface area contributed by atoms with Gasteiger partial charge < -0.3 is 25.4 Å². The molecule has 2 fully saturated rings. The van der Waals surface area contributed by atoms with Crippen molar-refractivity contribution in [1.29, 1.82) is 0 Å². The van der Waals surface area contributed by atoms with Crippen LogP contribution in [0.4, 0.5) is 0 Å². The van der Waals surface area contributed by atoms with Gasteiger partial charge in [-0.3, -0.25) is 4.99 Å². The van der Waals surface area contributed by atoms with E-state index in [2.05, 4.69) is 22.5 Å². The first-order chi connectivity index (χ1) is 11.8. The lowest BCUT2D eigenvalue weighted by Crippen LogP contribution is -2.42. The normalized spacial score (nSPS) is 25.3. The number of nitrogens with zero attached hydrogens (tertiary/aromatic N) is 2. The van der Waals surface area contributed by atoms with Crippen molar-refractivity contribution in [1.82, 2.24) is 15.5 Å². The van der Waals surface area contributed by atoms with Gasteiger partial charge in [-0.25, -0.2) is 0 Å². The molecule has 7 heteroatoms. The molecular weight excluding hydrogens is 431 g/mol. The Hall–Kier alpha value is -0.120. The molecule has 0 spiro atoms. The van der Waals surface area contributed by atoms with Gasteiger partial charge in [-0.05, 0) is 45.7 Å². The van der Waals surface area contributed by atoms with Crippen molar-refractivity contribution in [3.05, 3.63) is 0 Å². The molecule has 0 radical (unpaired) electrons. The molecule has 0 aromatic carbocycles.